The van der Waals surface area contributed by atoms with Gasteiger partial charge >= 0.3 is 0 Å². The molecule has 1 rings (SSSR count). The Kier molecular flexibility index (Phi) is 4.55. The first kappa shape index (κ1) is 12.0. The molecular weight excluding hydrogens is 194 g/mol. The standard InChI is InChI=1S/C10H19N3O2/c11-5-1-2-9(14)13-6-3-8(4-7-13)10(12)15/h8H,1-7,11H2,(H2,12,15). The van der Waals surface area contributed by atoms with Crippen LogP contribution in [0.2, 0.25) is 0 Å². The van der Waals surface area contributed by atoms with Gasteiger partial charge in [0.1, 0.15) is 0 Å². The van der Waals surface area contributed by atoms with Gasteiger partial charge in [0, 0.05) is 25.4 Å². The molecule has 1 aliphatic heterocycles. The molecule has 0 saturated carbocycles. The summed E-state index contributed by atoms with van der Waals surface area (Å²) in [4.78, 5) is 24.3. The minimum absolute atomic E-state index is 0.0523. The van der Waals surface area contributed by atoms with Crippen molar-refractivity contribution in [3.05, 3.63) is 0 Å². The number of primary amides is 1. The van der Waals surface area contributed by atoms with Crippen molar-refractivity contribution in [2.45, 2.75) is 25.7 Å². The van der Waals surface area contributed by atoms with Crippen LogP contribution in [-0.4, -0.2) is 36.3 Å². The van der Waals surface area contributed by atoms with E-state index in [0.717, 1.165) is 6.42 Å². The minimum atomic E-state index is -0.246. The maximum absolute atomic E-state index is 11.6. The zero-order chi connectivity index (χ0) is 11.3. The molecule has 2 amide bonds. The molecule has 0 atom stereocenters. The summed E-state index contributed by atoms with van der Waals surface area (Å²) in [6.45, 7) is 1.84. The molecule has 4 N–H and O–H groups in total. The van der Waals surface area contributed by atoms with E-state index in [2.05, 4.69) is 0 Å². The minimum Gasteiger partial charge on any atom is -0.369 e. The number of hydrogen-bond donors (Lipinski definition) is 2. The van der Waals surface area contributed by atoms with E-state index in [0.29, 0.717) is 38.9 Å². The van der Waals surface area contributed by atoms with Gasteiger partial charge in [0.15, 0.2) is 0 Å². The second-order valence-corrected chi connectivity index (χ2v) is 3.95. The van der Waals surface area contributed by atoms with Crippen molar-refractivity contribution in [2.75, 3.05) is 19.6 Å². The summed E-state index contributed by atoms with van der Waals surface area (Å²) in [5, 5.41) is 0. The summed E-state index contributed by atoms with van der Waals surface area (Å²) in [6.07, 6.45) is 2.64. The molecule has 0 aromatic rings. The van der Waals surface area contributed by atoms with Crippen LogP contribution in [0, 0.1) is 5.92 Å². The van der Waals surface area contributed by atoms with Crippen molar-refractivity contribution in [3.8, 4) is 0 Å². The summed E-state index contributed by atoms with van der Waals surface area (Å²) >= 11 is 0. The number of carbonyl (C=O) groups is 2. The number of amides is 2. The maximum atomic E-state index is 11.6. The van der Waals surface area contributed by atoms with Gasteiger partial charge in [0.25, 0.3) is 0 Å². The van der Waals surface area contributed by atoms with Gasteiger partial charge in [-0.25, -0.2) is 0 Å². The van der Waals surface area contributed by atoms with E-state index in [1.807, 2.05) is 0 Å². The van der Waals surface area contributed by atoms with Crippen LogP contribution in [0.4, 0.5) is 0 Å². The van der Waals surface area contributed by atoms with Crippen molar-refractivity contribution < 1.29 is 9.59 Å². The van der Waals surface area contributed by atoms with Crippen LogP contribution < -0.4 is 11.5 Å². The van der Waals surface area contributed by atoms with Crippen LogP contribution in [0.1, 0.15) is 25.7 Å². The Morgan fingerprint density at radius 1 is 1.27 bits per heavy atom. The molecule has 86 valence electrons. The zero-order valence-corrected chi connectivity index (χ0v) is 8.95. The van der Waals surface area contributed by atoms with E-state index in [-0.39, 0.29) is 17.7 Å². The number of carbonyl (C=O) groups excluding carboxylic acids is 2. The highest BCUT2D eigenvalue weighted by Crippen LogP contribution is 2.17. The van der Waals surface area contributed by atoms with Crippen molar-refractivity contribution >= 4 is 11.8 Å². The van der Waals surface area contributed by atoms with E-state index >= 15 is 0 Å². The van der Waals surface area contributed by atoms with Crippen molar-refractivity contribution in [1.82, 2.24) is 4.90 Å². The first-order valence-corrected chi connectivity index (χ1v) is 5.42. The summed E-state index contributed by atoms with van der Waals surface area (Å²) in [5.74, 6) is -0.156. The van der Waals surface area contributed by atoms with Gasteiger partial charge in [-0.1, -0.05) is 0 Å². The summed E-state index contributed by atoms with van der Waals surface area (Å²) in [6, 6.07) is 0. The maximum Gasteiger partial charge on any atom is 0.222 e. The molecule has 0 radical (unpaired) electrons. The van der Waals surface area contributed by atoms with Gasteiger partial charge in [-0.3, -0.25) is 9.59 Å². The van der Waals surface area contributed by atoms with E-state index in [4.69, 9.17) is 11.5 Å². The van der Waals surface area contributed by atoms with E-state index in [1.165, 1.54) is 0 Å². The lowest BCUT2D eigenvalue weighted by atomic mass is 9.96. The van der Waals surface area contributed by atoms with Crippen LogP contribution >= 0.6 is 0 Å². The van der Waals surface area contributed by atoms with Crippen molar-refractivity contribution in [3.63, 3.8) is 0 Å². The van der Waals surface area contributed by atoms with E-state index in [1.54, 1.807) is 4.90 Å². The molecule has 0 aliphatic carbocycles. The number of nitrogens with two attached hydrogens (primary N) is 2. The molecule has 0 bridgehead atoms. The average molecular weight is 213 g/mol. The van der Waals surface area contributed by atoms with Gasteiger partial charge in [-0.15, -0.1) is 0 Å². The second kappa shape index (κ2) is 5.70. The van der Waals surface area contributed by atoms with Crippen LogP contribution in [0.5, 0.6) is 0 Å². The normalized spacial score (nSPS) is 17.8. The van der Waals surface area contributed by atoms with Crippen molar-refractivity contribution in [1.29, 1.82) is 0 Å². The Bertz CT molecular complexity index is 235. The summed E-state index contributed by atoms with van der Waals surface area (Å²) in [5.41, 5.74) is 10.5. The summed E-state index contributed by atoms with van der Waals surface area (Å²) < 4.78 is 0. The topological polar surface area (TPSA) is 89.4 Å². The molecule has 1 aliphatic rings. The highest BCUT2D eigenvalue weighted by Gasteiger charge is 2.25. The predicted octanol–water partition coefficient (Wildman–Crippen LogP) is -0.551. The molecular formula is C10H19N3O2. The van der Waals surface area contributed by atoms with Gasteiger partial charge in [0.05, 0.1) is 0 Å². The lowest BCUT2D eigenvalue weighted by Gasteiger charge is -2.30. The fourth-order valence-electron chi connectivity index (χ4n) is 1.82. The molecule has 15 heavy (non-hydrogen) atoms. The Morgan fingerprint density at radius 2 is 1.87 bits per heavy atom. The number of piperidine rings is 1. The van der Waals surface area contributed by atoms with Crippen LogP contribution in [0.25, 0.3) is 0 Å². The fourth-order valence-corrected chi connectivity index (χ4v) is 1.82. The predicted molar refractivity (Wildman–Crippen MR) is 56.8 cm³/mol. The van der Waals surface area contributed by atoms with Crippen molar-refractivity contribution in [2.24, 2.45) is 17.4 Å². The second-order valence-electron chi connectivity index (χ2n) is 3.95. The highest BCUT2D eigenvalue weighted by atomic mass is 16.2. The van der Waals surface area contributed by atoms with Gasteiger partial charge in [-0.2, -0.15) is 0 Å². The third kappa shape index (κ3) is 3.51. The molecule has 1 fully saturated rings. The van der Waals surface area contributed by atoms with Crippen LogP contribution in [0.3, 0.4) is 0 Å². The van der Waals surface area contributed by atoms with E-state index < -0.39 is 0 Å². The lowest BCUT2D eigenvalue weighted by Crippen LogP contribution is -2.41. The Labute approximate surface area is 89.8 Å². The monoisotopic (exact) mass is 213 g/mol. The van der Waals surface area contributed by atoms with E-state index in [9.17, 15) is 9.59 Å². The molecule has 5 nitrogen and oxygen atoms in total. The highest BCUT2D eigenvalue weighted by molar-refractivity contribution is 5.78. The molecule has 0 aromatic heterocycles. The first-order valence-electron chi connectivity index (χ1n) is 5.42. The lowest BCUT2D eigenvalue weighted by molar-refractivity contribution is -0.134. The fraction of sp³-hybridized carbons (Fsp3) is 0.800. The quantitative estimate of drug-likeness (QED) is 0.656. The molecule has 1 heterocycles. The molecule has 5 heteroatoms. The van der Waals surface area contributed by atoms with Crippen LogP contribution in [0.15, 0.2) is 0 Å². The van der Waals surface area contributed by atoms with Gasteiger partial charge < -0.3 is 16.4 Å². The zero-order valence-electron chi connectivity index (χ0n) is 8.95. The van der Waals surface area contributed by atoms with Gasteiger partial charge in [0.2, 0.25) is 11.8 Å². The Morgan fingerprint density at radius 3 is 2.33 bits per heavy atom. The largest absolute Gasteiger partial charge is 0.369 e. The van der Waals surface area contributed by atoms with Gasteiger partial charge in [-0.05, 0) is 25.8 Å². The Balaban J connectivity index is 2.30. The third-order valence-electron chi connectivity index (χ3n) is 2.84. The molecule has 0 spiro atoms. The first-order chi connectivity index (χ1) is 7.15. The molecule has 0 unspecified atom stereocenters. The average Bonchev–Trinajstić information content (AvgIpc) is 2.26. The summed E-state index contributed by atoms with van der Waals surface area (Å²) in [7, 11) is 0. The van der Waals surface area contributed by atoms with Crippen LogP contribution in [-0.2, 0) is 9.59 Å². The number of hydrogen-bond acceptors (Lipinski definition) is 3. The molecule has 0 aromatic carbocycles. The molecule has 1 saturated heterocycles. The SMILES string of the molecule is NCCCC(=O)N1CCC(C(N)=O)CC1. The smallest absolute Gasteiger partial charge is 0.222 e. The number of nitrogens with zero attached hydrogens (tertiary/aromatic N) is 1. The number of rotatable bonds is 4. The number of likely N-dealkylation sites (tertiary alicyclic amines) is 1. The Hall–Kier alpha value is -1.10. The third-order valence-corrected chi connectivity index (χ3v) is 2.84.